The van der Waals surface area contributed by atoms with E-state index in [0.29, 0.717) is 11.5 Å². The number of halogens is 1. The van der Waals surface area contributed by atoms with Crippen LogP contribution in [0.3, 0.4) is 0 Å². The van der Waals surface area contributed by atoms with Gasteiger partial charge in [0.15, 0.2) is 17.3 Å². The second-order valence-electron chi connectivity index (χ2n) is 10.4. The molecule has 0 aliphatic heterocycles. The standard InChI is InChI=1S/C30H32FNO5/c1-30(2,3)29(35)37-23-9-7-18-13-20(6-5-19(18)14-23)24-11-10-22(36-4)16-26(24)32-17-28(34)21-8-12-27(33)25(31)15-21/h7-12,14-16,20,32-33H,5-6,13,17H2,1-4H3. The minimum atomic E-state index is -0.829. The zero-order chi connectivity index (χ0) is 26.7. The molecule has 1 atom stereocenters. The molecule has 1 unspecified atom stereocenters. The fourth-order valence-electron chi connectivity index (χ4n) is 4.45. The number of anilines is 1. The summed E-state index contributed by atoms with van der Waals surface area (Å²) in [7, 11) is 1.59. The number of nitrogens with one attached hydrogen (secondary N) is 1. The molecular weight excluding hydrogens is 473 g/mol. The average molecular weight is 506 g/mol. The highest BCUT2D eigenvalue weighted by atomic mass is 19.1. The van der Waals surface area contributed by atoms with Crippen molar-refractivity contribution in [3.05, 3.63) is 82.7 Å². The monoisotopic (exact) mass is 505 g/mol. The van der Waals surface area contributed by atoms with E-state index in [4.69, 9.17) is 9.47 Å². The van der Waals surface area contributed by atoms with Gasteiger partial charge in [0.1, 0.15) is 11.5 Å². The van der Waals surface area contributed by atoms with E-state index >= 15 is 0 Å². The van der Waals surface area contributed by atoms with Gasteiger partial charge in [-0.1, -0.05) is 12.1 Å². The maximum atomic E-state index is 13.7. The van der Waals surface area contributed by atoms with Crippen molar-refractivity contribution >= 4 is 17.4 Å². The van der Waals surface area contributed by atoms with Crippen molar-refractivity contribution < 1.29 is 28.6 Å². The molecule has 1 aliphatic carbocycles. The van der Waals surface area contributed by atoms with Crippen LogP contribution in [0, 0.1) is 11.2 Å². The predicted molar refractivity (Wildman–Crippen MR) is 140 cm³/mol. The summed E-state index contributed by atoms with van der Waals surface area (Å²) in [5.74, 6) is -0.436. The van der Waals surface area contributed by atoms with Crippen LogP contribution in [0.1, 0.15) is 60.2 Å². The van der Waals surface area contributed by atoms with Crippen LogP contribution < -0.4 is 14.8 Å². The van der Waals surface area contributed by atoms with Gasteiger partial charge in [0.2, 0.25) is 0 Å². The van der Waals surface area contributed by atoms with Crippen molar-refractivity contribution in [1.29, 1.82) is 0 Å². The molecule has 2 N–H and O–H groups in total. The lowest BCUT2D eigenvalue weighted by atomic mass is 9.79. The van der Waals surface area contributed by atoms with Crippen LogP contribution in [0.15, 0.2) is 54.6 Å². The first kappa shape index (κ1) is 26.2. The number of phenolic OH excluding ortho intramolecular Hbond substituents is 1. The van der Waals surface area contributed by atoms with Gasteiger partial charge in [-0.3, -0.25) is 9.59 Å². The molecule has 194 valence electrons. The Kier molecular flexibility index (Phi) is 7.52. The smallest absolute Gasteiger partial charge is 0.316 e. The largest absolute Gasteiger partial charge is 0.505 e. The Morgan fingerprint density at radius 3 is 2.49 bits per heavy atom. The van der Waals surface area contributed by atoms with E-state index in [1.807, 2.05) is 57.2 Å². The fraction of sp³-hybridized carbons (Fsp3) is 0.333. The number of benzene rings is 3. The van der Waals surface area contributed by atoms with Crippen molar-refractivity contribution in [2.45, 2.75) is 46.0 Å². The number of ketones is 1. The summed E-state index contributed by atoms with van der Waals surface area (Å²) < 4.78 is 24.7. The van der Waals surface area contributed by atoms with Crippen LogP contribution in [0.2, 0.25) is 0 Å². The molecule has 3 aromatic carbocycles. The van der Waals surface area contributed by atoms with Crippen LogP contribution in [-0.2, 0) is 17.6 Å². The highest BCUT2D eigenvalue weighted by Gasteiger charge is 2.26. The summed E-state index contributed by atoms with van der Waals surface area (Å²) in [6.45, 7) is 5.45. The molecule has 4 rings (SSSR count). The van der Waals surface area contributed by atoms with Crippen LogP contribution in [-0.4, -0.2) is 30.5 Å². The van der Waals surface area contributed by atoms with Gasteiger partial charge in [-0.15, -0.1) is 0 Å². The predicted octanol–water partition coefficient (Wildman–Crippen LogP) is 6.06. The molecule has 7 heteroatoms. The summed E-state index contributed by atoms with van der Waals surface area (Å²) >= 11 is 0. The van der Waals surface area contributed by atoms with Gasteiger partial charge < -0.3 is 19.9 Å². The highest BCUT2D eigenvalue weighted by Crippen LogP contribution is 2.38. The number of esters is 1. The maximum Gasteiger partial charge on any atom is 0.316 e. The number of hydrogen-bond acceptors (Lipinski definition) is 6. The van der Waals surface area contributed by atoms with Gasteiger partial charge in [0.25, 0.3) is 0 Å². The molecule has 0 radical (unpaired) electrons. The fourth-order valence-corrected chi connectivity index (χ4v) is 4.45. The van der Waals surface area contributed by atoms with Crippen LogP contribution in [0.4, 0.5) is 10.1 Å². The van der Waals surface area contributed by atoms with E-state index in [9.17, 15) is 19.1 Å². The number of aryl methyl sites for hydroxylation is 1. The molecule has 0 saturated carbocycles. The molecule has 0 bridgehead atoms. The third-order valence-corrected chi connectivity index (χ3v) is 6.64. The molecule has 0 aromatic heterocycles. The Morgan fingerprint density at radius 1 is 1.03 bits per heavy atom. The minimum Gasteiger partial charge on any atom is -0.505 e. The number of ether oxygens (including phenoxy) is 2. The molecule has 0 amide bonds. The van der Waals surface area contributed by atoms with Crippen LogP contribution >= 0.6 is 0 Å². The molecule has 0 spiro atoms. The number of rotatable bonds is 7. The number of methoxy groups -OCH3 is 1. The molecular formula is C30H32FNO5. The molecule has 0 fully saturated rings. The molecule has 37 heavy (non-hydrogen) atoms. The van der Waals surface area contributed by atoms with Crippen molar-refractivity contribution in [1.82, 2.24) is 0 Å². The van der Waals surface area contributed by atoms with Crippen molar-refractivity contribution in [2.24, 2.45) is 5.41 Å². The average Bonchev–Trinajstić information content (AvgIpc) is 2.87. The number of aromatic hydroxyl groups is 1. The van der Waals surface area contributed by atoms with E-state index in [2.05, 4.69) is 5.32 Å². The van der Waals surface area contributed by atoms with Crippen LogP contribution in [0.25, 0.3) is 0 Å². The normalized spacial score (nSPS) is 15.0. The molecule has 1 aliphatic rings. The zero-order valence-electron chi connectivity index (χ0n) is 21.6. The van der Waals surface area contributed by atoms with Crippen molar-refractivity contribution in [3.8, 4) is 17.2 Å². The van der Waals surface area contributed by atoms with Gasteiger partial charge in [0.05, 0.1) is 19.1 Å². The van der Waals surface area contributed by atoms with E-state index in [-0.39, 0.29) is 29.8 Å². The Morgan fingerprint density at radius 2 is 1.78 bits per heavy atom. The molecule has 6 nitrogen and oxygen atoms in total. The Balaban J connectivity index is 1.51. The van der Waals surface area contributed by atoms with Gasteiger partial charge >= 0.3 is 5.97 Å². The molecule has 0 heterocycles. The van der Waals surface area contributed by atoms with Crippen molar-refractivity contribution in [2.75, 3.05) is 19.0 Å². The Bertz CT molecular complexity index is 1330. The first-order valence-electron chi connectivity index (χ1n) is 12.3. The van der Waals surface area contributed by atoms with Crippen LogP contribution in [0.5, 0.6) is 17.2 Å². The van der Waals surface area contributed by atoms with E-state index in [1.54, 1.807) is 7.11 Å². The summed E-state index contributed by atoms with van der Waals surface area (Å²) in [6, 6.07) is 15.2. The second kappa shape index (κ2) is 10.6. The molecule has 0 saturated heterocycles. The topological polar surface area (TPSA) is 84.9 Å². The third-order valence-electron chi connectivity index (χ3n) is 6.64. The number of hydrogen-bond donors (Lipinski definition) is 2. The molecule has 3 aromatic rings. The van der Waals surface area contributed by atoms with Gasteiger partial charge in [-0.2, -0.15) is 0 Å². The van der Waals surface area contributed by atoms with Gasteiger partial charge in [-0.25, -0.2) is 4.39 Å². The van der Waals surface area contributed by atoms with Gasteiger partial charge in [0, 0.05) is 17.3 Å². The maximum absolute atomic E-state index is 13.7. The van der Waals surface area contributed by atoms with E-state index in [1.165, 1.54) is 23.3 Å². The first-order valence-corrected chi connectivity index (χ1v) is 12.3. The highest BCUT2D eigenvalue weighted by molar-refractivity contribution is 5.99. The summed E-state index contributed by atoms with van der Waals surface area (Å²) in [6.07, 6.45) is 2.53. The number of fused-ring (bicyclic) bond motifs is 1. The number of carbonyl (C=O) groups excluding carboxylic acids is 2. The number of phenols is 1. The number of Topliss-reactive ketones (excluding diaryl/α,β-unsaturated/α-hetero) is 1. The minimum absolute atomic E-state index is 0.0316. The Labute approximate surface area is 216 Å². The summed E-state index contributed by atoms with van der Waals surface area (Å²) in [5, 5.41) is 12.6. The quantitative estimate of drug-likeness (QED) is 0.231. The summed E-state index contributed by atoms with van der Waals surface area (Å²) in [4.78, 5) is 24.9. The van der Waals surface area contributed by atoms with Gasteiger partial charge in [-0.05, 0) is 99.0 Å². The van der Waals surface area contributed by atoms with Crippen molar-refractivity contribution in [3.63, 3.8) is 0 Å². The van der Waals surface area contributed by atoms with E-state index < -0.39 is 17.0 Å². The zero-order valence-corrected chi connectivity index (χ0v) is 21.6. The van der Waals surface area contributed by atoms with E-state index in [0.717, 1.165) is 36.6 Å². The lowest BCUT2D eigenvalue weighted by Crippen LogP contribution is -2.25. The second-order valence-corrected chi connectivity index (χ2v) is 10.4. The number of carbonyl (C=O) groups is 2. The Hall–Kier alpha value is -3.87. The lowest BCUT2D eigenvalue weighted by Gasteiger charge is -2.28. The SMILES string of the molecule is COc1ccc(C2CCc3cc(OC(=O)C(C)(C)C)ccc3C2)c(NCC(=O)c2ccc(O)c(F)c2)c1. The first-order chi connectivity index (χ1) is 17.5. The summed E-state index contributed by atoms with van der Waals surface area (Å²) in [5.41, 5.74) is 3.83. The third kappa shape index (κ3) is 6.10. The lowest BCUT2D eigenvalue weighted by molar-refractivity contribution is -0.143.